The number of nitrogens with two attached hydrogens (primary N) is 1. The molecule has 0 aliphatic rings. The Balaban J connectivity index is 0. The van der Waals surface area contributed by atoms with Crippen molar-refractivity contribution in [3.63, 3.8) is 0 Å². The lowest BCUT2D eigenvalue weighted by molar-refractivity contribution is -0.114. The fourth-order valence-electron chi connectivity index (χ4n) is 0.644. The highest BCUT2D eigenvalue weighted by atomic mass is 16.1. The van der Waals surface area contributed by atoms with E-state index >= 15 is 0 Å². The van der Waals surface area contributed by atoms with Gasteiger partial charge < -0.3 is 5.73 Å². The summed E-state index contributed by atoms with van der Waals surface area (Å²) >= 11 is 0. The molecule has 0 fully saturated rings. The largest absolute Gasteiger partial charge is 0.366 e. The molecule has 0 aliphatic carbocycles. The lowest BCUT2D eigenvalue weighted by Gasteiger charge is -1.93. The van der Waals surface area contributed by atoms with Gasteiger partial charge in [0.25, 0.3) is 0 Å². The number of hydrogen-bond acceptors (Lipinski definition) is 1. The summed E-state index contributed by atoms with van der Waals surface area (Å²) in [4.78, 5) is 10.6. The van der Waals surface area contributed by atoms with Crippen LogP contribution in [0.2, 0.25) is 0 Å². The molecular formula is C12H21NO. The maximum absolute atomic E-state index is 10.6. The summed E-state index contributed by atoms with van der Waals surface area (Å²) in [6.07, 6.45) is 6.24. The van der Waals surface area contributed by atoms with Crippen LogP contribution in [0.5, 0.6) is 0 Å². The minimum atomic E-state index is -0.384. The first-order chi connectivity index (χ1) is 6.61. The fraction of sp³-hybridized carbons (Fsp3) is 0.417. The van der Waals surface area contributed by atoms with E-state index in [0.29, 0.717) is 5.57 Å². The number of carbonyl (C=O) groups is 1. The summed E-state index contributed by atoms with van der Waals surface area (Å²) < 4.78 is 0. The van der Waals surface area contributed by atoms with Crippen molar-refractivity contribution in [2.75, 3.05) is 0 Å². The third-order valence-corrected chi connectivity index (χ3v) is 1.61. The maximum atomic E-state index is 10.6. The van der Waals surface area contributed by atoms with Crippen molar-refractivity contribution in [2.24, 2.45) is 5.73 Å². The highest BCUT2D eigenvalue weighted by Gasteiger charge is 1.93. The third kappa shape index (κ3) is 7.35. The Bertz CT molecular complexity index is 231. The van der Waals surface area contributed by atoms with Gasteiger partial charge in [-0.3, -0.25) is 4.79 Å². The summed E-state index contributed by atoms with van der Waals surface area (Å²) in [5, 5.41) is 0. The molecule has 2 N–H and O–H groups in total. The number of rotatable bonds is 4. The molecule has 1 amide bonds. The molecule has 0 saturated heterocycles. The standard InChI is InChI=1S/C10H15NO.C2H6/c1-4-9(5-2)7-6-8(3)10(11)12;1-2/h4,6-7H,1,5H2,2-3H3,(H2,11,12);1-2H3/b8-6+,9-7+;. The molecule has 0 aromatic rings. The quantitative estimate of drug-likeness (QED) is 0.544. The number of carbonyl (C=O) groups excluding carboxylic acids is 1. The van der Waals surface area contributed by atoms with E-state index in [-0.39, 0.29) is 5.91 Å². The molecule has 0 unspecified atom stereocenters. The van der Waals surface area contributed by atoms with Crippen LogP contribution in [0.4, 0.5) is 0 Å². The van der Waals surface area contributed by atoms with Crippen LogP contribution in [0, 0.1) is 0 Å². The first-order valence-electron chi connectivity index (χ1n) is 4.91. The van der Waals surface area contributed by atoms with Crippen LogP contribution in [0.1, 0.15) is 34.1 Å². The summed E-state index contributed by atoms with van der Waals surface area (Å²) in [6, 6.07) is 0. The Morgan fingerprint density at radius 3 is 2.14 bits per heavy atom. The van der Waals surface area contributed by atoms with Crippen molar-refractivity contribution in [3.8, 4) is 0 Å². The second kappa shape index (κ2) is 9.78. The summed E-state index contributed by atoms with van der Waals surface area (Å²) in [5.41, 5.74) is 6.69. The Morgan fingerprint density at radius 2 is 1.86 bits per heavy atom. The predicted molar refractivity (Wildman–Crippen MR) is 62.9 cm³/mol. The van der Waals surface area contributed by atoms with Crippen LogP contribution in [-0.4, -0.2) is 5.91 Å². The van der Waals surface area contributed by atoms with Gasteiger partial charge >= 0.3 is 0 Å². The van der Waals surface area contributed by atoms with E-state index in [1.54, 1.807) is 19.1 Å². The Morgan fingerprint density at radius 1 is 1.36 bits per heavy atom. The Kier molecular flexibility index (Phi) is 10.6. The Hall–Kier alpha value is -1.31. The minimum Gasteiger partial charge on any atom is -0.366 e. The molecule has 80 valence electrons. The number of primary amides is 1. The molecule has 0 bridgehead atoms. The highest BCUT2D eigenvalue weighted by Crippen LogP contribution is 2.02. The van der Waals surface area contributed by atoms with Crippen LogP contribution in [0.3, 0.4) is 0 Å². The molecule has 0 saturated carbocycles. The average Bonchev–Trinajstić information content (AvgIpc) is 2.22. The monoisotopic (exact) mass is 195 g/mol. The number of hydrogen-bond donors (Lipinski definition) is 1. The smallest absolute Gasteiger partial charge is 0.244 e. The molecule has 0 heterocycles. The Labute approximate surface area is 87.2 Å². The molecule has 0 spiro atoms. The van der Waals surface area contributed by atoms with Crippen molar-refractivity contribution >= 4 is 5.91 Å². The molecule has 0 aromatic heterocycles. The molecule has 0 rings (SSSR count). The topological polar surface area (TPSA) is 43.1 Å². The molecular weight excluding hydrogens is 174 g/mol. The maximum Gasteiger partial charge on any atom is 0.244 e. The number of amides is 1. The molecule has 14 heavy (non-hydrogen) atoms. The van der Waals surface area contributed by atoms with Gasteiger partial charge in [0.2, 0.25) is 5.91 Å². The van der Waals surface area contributed by atoms with E-state index < -0.39 is 0 Å². The average molecular weight is 195 g/mol. The zero-order valence-corrected chi connectivity index (χ0v) is 9.63. The van der Waals surface area contributed by atoms with E-state index in [2.05, 4.69) is 6.58 Å². The second-order valence-corrected chi connectivity index (χ2v) is 2.51. The first-order valence-corrected chi connectivity index (χ1v) is 4.91. The second-order valence-electron chi connectivity index (χ2n) is 2.51. The molecule has 0 atom stereocenters. The van der Waals surface area contributed by atoms with Gasteiger partial charge in [0.05, 0.1) is 0 Å². The first kappa shape index (κ1) is 15.2. The third-order valence-electron chi connectivity index (χ3n) is 1.61. The van der Waals surface area contributed by atoms with Crippen molar-refractivity contribution in [1.29, 1.82) is 0 Å². The van der Waals surface area contributed by atoms with Crippen LogP contribution in [-0.2, 0) is 4.79 Å². The van der Waals surface area contributed by atoms with Gasteiger partial charge in [-0.05, 0) is 18.9 Å². The van der Waals surface area contributed by atoms with E-state index in [0.717, 1.165) is 12.0 Å². The summed E-state index contributed by atoms with van der Waals surface area (Å²) in [7, 11) is 0. The van der Waals surface area contributed by atoms with Gasteiger partial charge in [0.1, 0.15) is 0 Å². The van der Waals surface area contributed by atoms with Gasteiger partial charge in [-0.1, -0.05) is 45.6 Å². The van der Waals surface area contributed by atoms with Crippen molar-refractivity contribution in [1.82, 2.24) is 0 Å². The van der Waals surface area contributed by atoms with E-state index in [4.69, 9.17) is 5.73 Å². The summed E-state index contributed by atoms with van der Waals surface area (Å²) in [6.45, 7) is 11.4. The van der Waals surface area contributed by atoms with E-state index in [1.165, 1.54) is 0 Å². The van der Waals surface area contributed by atoms with Crippen molar-refractivity contribution in [2.45, 2.75) is 34.1 Å². The molecule has 2 nitrogen and oxygen atoms in total. The zero-order chi connectivity index (χ0) is 11.6. The van der Waals surface area contributed by atoms with E-state index in [9.17, 15) is 4.79 Å². The van der Waals surface area contributed by atoms with Gasteiger partial charge in [-0.15, -0.1) is 0 Å². The highest BCUT2D eigenvalue weighted by molar-refractivity contribution is 5.91. The minimum absolute atomic E-state index is 0.384. The number of allylic oxidation sites excluding steroid dienone is 4. The van der Waals surface area contributed by atoms with Gasteiger partial charge in [0, 0.05) is 5.57 Å². The van der Waals surface area contributed by atoms with Crippen LogP contribution < -0.4 is 5.73 Å². The zero-order valence-electron chi connectivity index (χ0n) is 9.63. The van der Waals surface area contributed by atoms with Gasteiger partial charge in [-0.2, -0.15) is 0 Å². The van der Waals surface area contributed by atoms with Crippen LogP contribution >= 0.6 is 0 Å². The molecule has 0 aliphatic heterocycles. The normalized spacial score (nSPS) is 11.4. The van der Waals surface area contributed by atoms with Crippen LogP contribution in [0.15, 0.2) is 36.0 Å². The summed E-state index contributed by atoms with van der Waals surface area (Å²) in [5.74, 6) is -0.384. The molecule has 0 aromatic carbocycles. The lowest BCUT2D eigenvalue weighted by Crippen LogP contribution is -2.11. The SMILES string of the molecule is C=C/C(=C\C=C(/C)C(N)=O)CC.CC. The van der Waals surface area contributed by atoms with Crippen molar-refractivity contribution < 1.29 is 4.79 Å². The predicted octanol–water partition coefficient (Wildman–Crippen LogP) is 2.97. The van der Waals surface area contributed by atoms with E-state index in [1.807, 2.05) is 26.8 Å². The van der Waals surface area contributed by atoms with Gasteiger partial charge in [-0.25, -0.2) is 0 Å². The molecule has 2 heteroatoms. The van der Waals surface area contributed by atoms with Gasteiger partial charge in [0.15, 0.2) is 0 Å². The van der Waals surface area contributed by atoms with Crippen LogP contribution in [0.25, 0.3) is 0 Å². The lowest BCUT2D eigenvalue weighted by atomic mass is 10.1. The fourth-order valence-corrected chi connectivity index (χ4v) is 0.644. The molecule has 0 radical (unpaired) electrons. The van der Waals surface area contributed by atoms with Crippen molar-refractivity contribution in [3.05, 3.63) is 36.0 Å².